The van der Waals surface area contributed by atoms with Gasteiger partial charge in [0.15, 0.2) is 0 Å². The number of phenols is 1. The number of nitrogens with two attached hydrogens (primary N) is 1. The zero-order chi connectivity index (χ0) is 14.5. The number of carbonyl (C=O) groups is 1. The fraction of sp³-hybridized carbons (Fsp3) is 0.133. The van der Waals surface area contributed by atoms with Crippen molar-refractivity contribution in [1.82, 2.24) is 0 Å². The van der Waals surface area contributed by atoms with Crippen LogP contribution in [0, 0.1) is 0 Å². The van der Waals surface area contributed by atoms with E-state index in [-0.39, 0.29) is 24.5 Å². The number of aromatic hydroxyl groups is 1. The molecule has 2 aromatic carbocycles. The number of anilines is 1. The number of hydrogen-bond donors (Lipinski definition) is 3. The van der Waals surface area contributed by atoms with Crippen molar-refractivity contribution < 1.29 is 19.7 Å². The number of para-hydroxylation sites is 1. The first-order chi connectivity index (χ1) is 9.58. The van der Waals surface area contributed by atoms with Crippen LogP contribution < -0.4 is 10.5 Å². The maximum Gasteiger partial charge on any atom is 0.307 e. The number of benzene rings is 2. The van der Waals surface area contributed by atoms with Crippen molar-refractivity contribution in [2.45, 2.75) is 13.0 Å². The van der Waals surface area contributed by atoms with Crippen LogP contribution in [0.15, 0.2) is 42.5 Å². The molecule has 0 aliphatic rings. The Morgan fingerprint density at radius 3 is 2.50 bits per heavy atom. The van der Waals surface area contributed by atoms with E-state index in [1.54, 1.807) is 30.3 Å². The van der Waals surface area contributed by atoms with Gasteiger partial charge in [-0.1, -0.05) is 30.3 Å². The lowest BCUT2D eigenvalue weighted by atomic mass is 10.1. The highest BCUT2D eigenvalue weighted by atomic mass is 16.5. The molecular weight excluding hydrogens is 258 g/mol. The van der Waals surface area contributed by atoms with E-state index in [4.69, 9.17) is 15.6 Å². The molecule has 20 heavy (non-hydrogen) atoms. The molecule has 2 aromatic rings. The van der Waals surface area contributed by atoms with Gasteiger partial charge in [-0.05, 0) is 23.3 Å². The van der Waals surface area contributed by atoms with E-state index in [0.29, 0.717) is 11.3 Å². The van der Waals surface area contributed by atoms with Crippen LogP contribution in [0.4, 0.5) is 5.69 Å². The highest BCUT2D eigenvalue weighted by Crippen LogP contribution is 2.30. The molecule has 0 saturated heterocycles. The maximum absolute atomic E-state index is 10.8. The summed E-state index contributed by atoms with van der Waals surface area (Å²) < 4.78 is 5.55. The smallest absolute Gasteiger partial charge is 0.307 e. The molecule has 0 unspecified atom stereocenters. The first-order valence-corrected chi connectivity index (χ1v) is 6.06. The largest absolute Gasteiger partial charge is 0.506 e. The van der Waals surface area contributed by atoms with Gasteiger partial charge in [-0.2, -0.15) is 0 Å². The average Bonchev–Trinajstić information content (AvgIpc) is 2.41. The minimum absolute atomic E-state index is 0.0404. The third-order valence-electron chi connectivity index (χ3n) is 2.89. The first-order valence-electron chi connectivity index (χ1n) is 6.06. The molecule has 5 nitrogen and oxygen atoms in total. The summed E-state index contributed by atoms with van der Waals surface area (Å²) in [6.07, 6.45) is -0.0605. The topological polar surface area (TPSA) is 92.8 Å². The third-order valence-corrected chi connectivity index (χ3v) is 2.89. The lowest BCUT2D eigenvalue weighted by molar-refractivity contribution is -0.136. The Hall–Kier alpha value is -2.69. The van der Waals surface area contributed by atoms with Crippen LogP contribution in [-0.4, -0.2) is 16.2 Å². The zero-order valence-electron chi connectivity index (χ0n) is 10.7. The van der Waals surface area contributed by atoms with E-state index in [2.05, 4.69) is 0 Å². The molecule has 4 N–H and O–H groups in total. The molecule has 104 valence electrons. The van der Waals surface area contributed by atoms with E-state index in [0.717, 1.165) is 5.56 Å². The van der Waals surface area contributed by atoms with Gasteiger partial charge in [-0.25, -0.2) is 0 Å². The minimum atomic E-state index is -0.894. The Kier molecular flexibility index (Phi) is 4.10. The first kappa shape index (κ1) is 13.7. The monoisotopic (exact) mass is 273 g/mol. The van der Waals surface area contributed by atoms with Crippen LogP contribution in [0.2, 0.25) is 0 Å². The van der Waals surface area contributed by atoms with Gasteiger partial charge in [-0.3, -0.25) is 4.79 Å². The predicted octanol–water partition coefficient (Wildman–Crippen LogP) is 2.18. The molecule has 0 spiro atoms. The second-order valence-corrected chi connectivity index (χ2v) is 4.32. The van der Waals surface area contributed by atoms with Crippen LogP contribution in [0.5, 0.6) is 11.5 Å². The van der Waals surface area contributed by atoms with Gasteiger partial charge in [0.05, 0.1) is 6.42 Å². The molecular formula is C15H15NO4. The molecule has 2 rings (SSSR count). The number of nitrogen functional groups attached to an aromatic ring is 1. The molecule has 0 fully saturated rings. The van der Waals surface area contributed by atoms with Crippen molar-refractivity contribution >= 4 is 11.7 Å². The van der Waals surface area contributed by atoms with E-state index >= 15 is 0 Å². The zero-order valence-corrected chi connectivity index (χ0v) is 10.7. The number of hydrogen-bond acceptors (Lipinski definition) is 4. The van der Waals surface area contributed by atoms with Gasteiger partial charge in [-0.15, -0.1) is 0 Å². The van der Waals surface area contributed by atoms with Crippen molar-refractivity contribution in [3.63, 3.8) is 0 Å². The van der Waals surface area contributed by atoms with Gasteiger partial charge in [0.25, 0.3) is 0 Å². The molecule has 0 saturated carbocycles. The summed E-state index contributed by atoms with van der Waals surface area (Å²) in [5.74, 6) is -0.564. The number of carboxylic acid groups (broad SMARTS) is 1. The Labute approximate surface area is 116 Å². The van der Waals surface area contributed by atoms with E-state index in [9.17, 15) is 9.90 Å². The predicted molar refractivity (Wildman–Crippen MR) is 74.6 cm³/mol. The van der Waals surface area contributed by atoms with Crippen LogP contribution in [0.1, 0.15) is 11.1 Å². The van der Waals surface area contributed by atoms with Crippen molar-refractivity contribution in [3.8, 4) is 11.5 Å². The highest BCUT2D eigenvalue weighted by Gasteiger charge is 2.09. The normalized spacial score (nSPS) is 10.2. The highest BCUT2D eigenvalue weighted by molar-refractivity contribution is 5.70. The van der Waals surface area contributed by atoms with Gasteiger partial charge >= 0.3 is 5.97 Å². The lowest BCUT2D eigenvalue weighted by Crippen LogP contribution is -2.06. The second kappa shape index (κ2) is 5.97. The van der Waals surface area contributed by atoms with Crippen LogP contribution in [0.25, 0.3) is 0 Å². The summed E-state index contributed by atoms with van der Waals surface area (Å²) in [6, 6.07) is 11.9. The Morgan fingerprint density at radius 2 is 1.80 bits per heavy atom. The van der Waals surface area contributed by atoms with Gasteiger partial charge in [0, 0.05) is 0 Å². The Balaban J connectivity index is 2.15. The molecule has 5 heteroatoms. The van der Waals surface area contributed by atoms with Gasteiger partial charge in [0.1, 0.15) is 23.8 Å². The fourth-order valence-electron chi connectivity index (χ4n) is 1.85. The SMILES string of the molecule is Nc1c(O)cccc1OCc1ccccc1CC(=O)O. The number of phenolic OH excluding ortho intramolecular Hbond substituents is 1. The van der Waals surface area contributed by atoms with E-state index < -0.39 is 5.97 Å². The molecule has 0 amide bonds. The number of ether oxygens (including phenoxy) is 1. The fourth-order valence-corrected chi connectivity index (χ4v) is 1.85. The summed E-state index contributed by atoms with van der Waals surface area (Å²) in [5, 5.41) is 18.4. The molecule has 0 aromatic heterocycles. The molecule has 0 radical (unpaired) electrons. The lowest BCUT2D eigenvalue weighted by Gasteiger charge is -2.12. The number of carboxylic acids is 1. The summed E-state index contributed by atoms with van der Waals surface area (Å²) in [4.78, 5) is 10.8. The van der Waals surface area contributed by atoms with Gasteiger partial charge < -0.3 is 20.7 Å². The van der Waals surface area contributed by atoms with E-state index in [1.165, 1.54) is 6.07 Å². The average molecular weight is 273 g/mol. The van der Waals surface area contributed by atoms with Gasteiger partial charge in [0.2, 0.25) is 0 Å². The second-order valence-electron chi connectivity index (χ2n) is 4.32. The molecule has 0 aliphatic heterocycles. The minimum Gasteiger partial charge on any atom is -0.506 e. The summed E-state index contributed by atoms with van der Waals surface area (Å²) in [7, 11) is 0. The van der Waals surface area contributed by atoms with Crippen LogP contribution in [0.3, 0.4) is 0 Å². The summed E-state index contributed by atoms with van der Waals surface area (Å²) in [5.41, 5.74) is 7.33. The maximum atomic E-state index is 10.8. The van der Waals surface area contributed by atoms with Crippen LogP contribution in [-0.2, 0) is 17.8 Å². The Bertz CT molecular complexity index is 625. The standard InChI is InChI=1S/C15H15NO4/c16-15-12(17)6-3-7-13(15)20-9-11-5-2-1-4-10(11)8-14(18)19/h1-7,17H,8-9,16H2,(H,18,19). The van der Waals surface area contributed by atoms with Crippen molar-refractivity contribution in [2.24, 2.45) is 0 Å². The van der Waals surface area contributed by atoms with E-state index in [1.807, 2.05) is 6.07 Å². The number of aliphatic carboxylic acids is 1. The summed E-state index contributed by atoms with van der Waals surface area (Å²) >= 11 is 0. The van der Waals surface area contributed by atoms with Crippen molar-refractivity contribution in [2.75, 3.05) is 5.73 Å². The molecule has 0 atom stereocenters. The number of rotatable bonds is 5. The Morgan fingerprint density at radius 1 is 1.10 bits per heavy atom. The molecule has 0 bridgehead atoms. The molecule has 0 aliphatic carbocycles. The summed E-state index contributed by atoms with van der Waals surface area (Å²) in [6.45, 7) is 0.192. The third kappa shape index (κ3) is 3.20. The quantitative estimate of drug-likeness (QED) is 0.573. The van der Waals surface area contributed by atoms with Crippen molar-refractivity contribution in [1.29, 1.82) is 0 Å². The molecule has 0 heterocycles. The van der Waals surface area contributed by atoms with Crippen molar-refractivity contribution in [3.05, 3.63) is 53.6 Å². The van der Waals surface area contributed by atoms with Crippen LogP contribution >= 0.6 is 0 Å².